The Morgan fingerprint density at radius 3 is 2.89 bits per heavy atom. The van der Waals surface area contributed by atoms with Crippen LogP contribution in [0.25, 0.3) is 11.5 Å². The zero-order chi connectivity index (χ0) is 13.8. The van der Waals surface area contributed by atoms with Crippen LogP contribution in [0.4, 0.5) is 0 Å². The van der Waals surface area contributed by atoms with Crippen molar-refractivity contribution in [2.24, 2.45) is 0 Å². The SMILES string of the molecule is CCCc1nc(-c2cc(OC)ncn2)[nH]c(=O)c1Br. The van der Waals surface area contributed by atoms with Crippen molar-refractivity contribution in [3.63, 3.8) is 0 Å². The predicted octanol–water partition coefficient (Wildman–Crippen LogP) is 1.95. The average Bonchev–Trinajstić information content (AvgIpc) is 2.44. The van der Waals surface area contributed by atoms with E-state index in [9.17, 15) is 4.79 Å². The number of ether oxygens (including phenoxy) is 1. The first kappa shape index (κ1) is 13.7. The van der Waals surface area contributed by atoms with Crippen LogP contribution in [0.2, 0.25) is 0 Å². The fourth-order valence-corrected chi connectivity index (χ4v) is 2.00. The predicted molar refractivity (Wildman–Crippen MR) is 74.1 cm³/mol. The van der Waals surface area contributed by atoms with Crippen LogP contribution >= 0.6 is 15.9 Å². The third-order valence-corrected chi connectivity index (χ3v) is 3.33. The van der Waals surface area contributed by atoms with Gasteiger partial charge in [0, 0.05) is 6.07 Å². The molecule has 0 saturated heterocycles. The van der Waals surface area contributed by atoms with Crippen molar-refractivity contribution in [2.45, 2.75) is 19.8 Å². The smallest absolute Gasteiger partial charge is 0.265 e. The molecule has 0 amide bonds. The Morgan fingerprint density at radius 1 is 1.42 bits per heavy atom. The topological polar surface area (TPSA) is 80.8 Å². The molecule has 0 aromatic carbocycles. The monoisotopic (exact) mass is 324 g/mol. The maximum Gasteiger partial charge on any atom is 0.265 e. The zero-order valence-corrected chi connectivity index (χ0v) is 12.2. The molecule has 0 unspecified atom stereocenters. The van der Waals surface area contributed by atoms with Gasteiger partial charge in [-0.3, -0.25) is 4.79 Å². The molecule has 0 saturated carbocycles. The third kappa shape index (κ3) is 2.98. The summed E-state index contributed by atoms with van der Waals surface area (Å²) < 4.78 is 5.50. The quantitative estimate of drug-likeness (QED) is 0.929. The van der Waals surface area contributed by atoms with E-state index in [0.717, 1.165) is 18.5 Å². The summed E-state index contributed by atoms with van der Waals surface area (Å²) in [5, 5.41) is 0. The van der Waals surface area contributed by atoms with E-state index in [2.05, 4.69) is 35.9 Å². The average molecular weight is 325 g/mol. The van der Waals surface area contributed by atoms with E-state index in [4.69, 9.17) is 4.74 Å². The van der Waals surface area contributed by atoms with Gasteiger partial charge in [-0.2, -0.15) is 0 Å². The van der Waals surface area contributed by atoms with Crippen LogP contribution < -0.4 is 10.3 Å². The van der Waals surface area contributed by atoms with Crippen LogP contribution in [0.3, 0.4) is 0 Å². The van der Waals surface area contributed by atoms with Crippen molar-refractivity contribution in [3.8, 4) is 17.4 Å². The van der Waals surface area contributed by atoms with E-state index in [-0.39, 0.29) is 5.56 Å². The number of rotatable bonds is 4. The van der Waals surface area contributed by atoms with Crippen molar-refractivity contribution >= 4 is 15.9 Å². The number of aryl methyl sites for hydroxylation is 1. The fourth-order valence-electron chi connectivity index (χ4n) is 1.61. The van der Waals surface area contributed by atoms with Crippen molar-refractivity contribution in [1.29, 1.82) is 0 Å². The number of hydrogen-bond acceptors (Lipinski definition) is 5. The van der Waals surface area contributed by atoms with Crippen LogP contribution in [0.1, 0.15) is 19.0 Å². The Hall–Kier alpha value is -1.76. The fraction of sp³-hybridized carbons (Fsp3) is 0.333. The number of nitrogens with zero attached hydrogens (tertiary/aromatic N) is 3. The minimum absolute atomic E-state index is 0.217. The van der Waals surface area contributed by atoms with Gasteiger partial charge >= 0.3 is 0 Å². The van der Waals surface area contributed by atoms with Gasteiger partial charge in [-0.15, -0.1) is 0 Å². The molecule has 2 aromatic rings. The minimum atomic E-state index is -0.217. The lowest BCUT2D eigenvalue weighted by Crippen LogP contribution is -2.14. The molecule has 1 N–H and O–H groups in total. The number of methoxy groups -OCH3 is 1. The van der Waals surface area contributed by atoms with Gasteiger partial charge in [-0.1, -0.05) is 13.3 Å². The van der Waals surface area contributed by atoms with Crippen LogP contribution in [0.15, 0.2) is 21.7 Å². The molecular formula is C12H13BrN4O2. The number of halogens is 1. The summed E-state index contributed by atoms with van der Waals surface area (Å²) in [4.78, 5) is 27.0. The highest BCUT2D eigenvalue weighted by Crippen LogP contribution is 2.18. The van der Waals surface area contributed by atoms with Gasteiger partial charge in [-0.05, 0) is 22.4 Å². The zero-order valence-electron chi connectivity index (χ0n) is 10.6. The summed E-state index contributed by atoms with van der Waals surface area (Å²) in [7, 11) is 1.52. The molecule has 100 valence electrons. The van der Waals surface area contributed by atoms with Gasteiger partial charge in [0.2, 0.25) is 5.88 Å². The first-order valence-electron chi connectivity index (χ1n) is 5.80. The summed E-state index contributed by atoms with van der Waals surface area (Å²) in [5.41, 5.74) is 1.03. The number of aromatic nitrogens is 4. The first-order valence-corrected chi connectivity index (χ1v) is 6.60. The highest BCUT2D eigenvalue weighted by Gasteiger charge is 2.11. The molecule has 6 nitrogen and oxygen atoms in total. The van der Waals surface area contributed by atoms with E-state index in [0.29, 0.717) is 21.9 Å². The molecule has 19 heavy (non-hydrogen) atoms. The largest absolute Gasteiger partial charge is 0.481 e. The molecule has 0 aliphatic rings. The van der Waals surface area contributed by atoms with E-state index in [1.807, 2.05) is 6.92 Å². The first-order chi connectivity index (χ1) is 9.15. The number of hydrogen-bond donors (Lipinski definition) is 1. The lowest BCUT2D eigenvalue weighted by Gasteiger charge is -2.06. The van der Waals surface area contributed by atoms with Crippen LogP contribution in [0.5, 0.6) is 5.88 Å². The highest BCUT2D eigenvalue weighted by atomic mass is 79.9. The normalized spacial score (nSPS) is 10.5. The van der Waals surface area contributed by atoms with E-state index in [1.54, 1.807) is 6.07 Å². The third-order valence-electron chi connectivity index (χ3n) is 2.51. The number of aromatic amines is 1. The van der Waals surface area contributed by atoms with Crippen LogP contribution in [-0.2, 0) is 6.42 Å². The molecule has 2 heterocycles. The number of H-pyrrole nitrogens is 1. The second kappa shape index (κ2) is 5.92. The molecule has 0 aliphatic carbocycles. The molecule has 0 bridgehead atoms. The second-order valence-corrected chi connectivity index (χ2v) is 4.66. The molecular weight excluding hydrogens is 312 g/mol. The van der Waals surface area contributed by atoms with Gasteiger partial charge in [0.1, 0.15) is 16.5 Å². The molecule has 0 fully saturated rings. The lowest BCUT2D eigenvalue weighted by atomic mass is 10.2. The van der Waals surface area contributed by atoms with Crippen molar-refractivity contribution < 1.29 is 4.74 Å². The maximum absolute atomic E-state index is 11.8. The van der Waals surface area contributed by atoms with E-state index in [1.165, 1.54) is 13.4 Å². The van der Waals surface area contributed by atoms with Gasteiger partial charge in [-0.25, -0.2) is 15.0 Å². The Kier molecular flexibility index (Phi) is 4.26. The summed E-state index contributed by atoms with van der Waals surface area (Å²) in [6.45, 7) is 2.03. The molecule has 7 heteroatoms. The van der Waals surface area contributed by atoms with Crippen molar-refractivity contribution in [2.75, 3.05) is 7.11 Å². The summed E-state index contributed by atoms with van der Waals surface area (Å²) in [6, 6.07) is 1.63. The Labute approximate surface area is 118 Å². The summed E-state index contributed by atoms with van der Waals surface area (Å²) in [6.07, 6.45) is 3.00. The Balaban J connectivity index is 2.52. The number of nitrogens with one attached hydrogen (secondary N) is 1. The lowest BCUT2D eigenvalue weighted by molar-refractivity contribution is 0.397. The molecule has 0 atom stereocenters. The van der Waals surface area contributed by atoms with E-state index >= 15 is 0 Å². The summed E-state index contributed by atoms with van der Waals surface area (Å²) in [5.74, 6) is 0.838. The van der Waals surface area contributed by atoms with Crippen LogP contribution in [0, 0.1) is 0 Å². The molecule has 0 radical (unpaired) electrons. The molecule has 2 aromatic heterocycles. The van der Waals surface area contributed by atoms with Gasteiger partial charge in [0.05, 0.1) is 12.8 Å². The standard InChI is InChI=1S/C12H13BrN4O2/c1-3-4-7-10(13)12(18)17-11(16-7)8-5-9(19-2)15-6-14-8/h5-6H,3-4H2,1-2H3,(H,16,17,18). The second-order valence-electron chi connectivity index (χ2n) is 3.87. The minimum Gasteiger partial charge on any atom is -0.481 e. The Bertz CT molecular complexity index is 642. The van der Waals surface area contributed by atoms with Crippen LogP contribution in [-0.4, -0.2) is 27.0 Å². The Morgan fingerprint density at radius 2 is 2.21 bits per heavy atom. The molecule has 0 aliphatic heterocycles. The molecule has 0 spiro atoms. The molecule has 2 rings (SSSR count). The van der Waals surface area contributed by atoms with Gasteiger partial charge in [0.25, 0.3) is 5.56 Å². The maximum atomic E-state index is 11.8. The van der Waals surface area contributed by atoms with E-state index < -0.39 is 0 Å². The van der Waals surface area contributed by atoms with Crippen molar-refractivity contribution in [1.82, 2.24) is 19.9 Å². The van der Waals surface area contributed by atoms with Gasteiger partial charge < -0.3 is 9.72 Å². The van der Waals surface area contributed by atoms with Crippen molar-refractivity contribution in [3.05, 3.63) is 32.9 Å². The van der Waals surface area contributed by atoms with Gasteiger partial charge in [0.15, 0.2) is 5.82 Å². The summed E-state index contributed by atoms with van der Waals surface area (Å²) >= 11 is 3.25. The highest BCUT2D eigenvalue weighted by molar-refractivity contribution is 9.10.